The van der Waals surface area contributed by atoms with Crippen LogP contribution in [-0.2, 0) is 10.8 Å². The molecule has 13 aromatic rings. The molecule has 1 spiro atoms. The van der Waals surface area contributed by atoms with Crippen LogP contribution in [0, 0.1) is 0 Å². The fraction of sp³-hybridized carbons (Fsp3) is 0.0278. The Morgan fingerprint density at radius 2 is 0.851 bits per heavy atom. The van der Waals surface area contributed by atoms with Crippen molar-refractivity contribution in [2.45, 2.75) is 10.8 Å². The predicted molar refractivity (Wildman–Crippen MR) is 307 cm³/mol. The standard InChI is InChI=1S/C72H46N2/c1-4-20-47(21-5-1)49-23-18-28-52(44-49)73(54-40-42-60-66(46-54)71(50-24-6-2-7-25-50,51-26-8-3-9-27-51)63-43-38-48-22-10-11-29-55(48)69(60)63)53-39-41-57-56-30-12-14-33-61(56)72(65(57)45-53)62-34-15-17-37-68(62)74-67-36-16-13-31-58(67)59-32-19-35-64(72)70(59)74/h1-46H. The van der Waals surface area contributed by atoms with Gasteiger partial charge in [-0.05, 0) is 137 Å². The molecular formula is C72H46N2. The van der Waals surface area contributed by atoms with E-state index < -0.39 is 10.8 Å². The average Bonchev–Trinajstić information content (AvgIpc) is 4.11. The second-order valence-electron chi connectivity index (χ2n) is 20.3. The summed E-state index contributed by atoms with van der Waals surface area (Å²) in [5, 5.41) is 5.06. The van der Waals surface area contributed by atoms with Gasteiger partial charge in [0.1, 0.15) is 0 Å². The lowest BCUT2D eigenvalue weighted by Crippen LogP contribution is -2.33. The van der Waals surface area contributed by atoms with Gasteiger partial charge in [0.15, 0.2) is 0 Å². The van der Waals surface area contributed by atoms with Gasteiger partial charge in [0, 0.05) is 27.8 Å². The van der Waals surface area contributed by atoms with E-state index in [0.717, 1.165) is 17.1 Å². The quantitative estimate of drug-likeness (QED) is 0.161. The van der Waals surface area contributed by atoms with Crippen LogP contribution in [0.15, 0.2) is 279 Å². The maximum absolute atomic E-state index is 2.54. The van der Waals surface area contributed by atoms with Crippen molar-refractivity contribution in [3.05, 3.63) is 324 Å². The number of hydrogen-bond donors (Lipinski definition) is 0. The third-order valence-electron chi connectivity index (χ3n) is 16.8. The molecule has 16 rings (SSSR count). The maximum atomic E-state index is 2.54. The van der Waals surface area contributed by atoms with Crippen molar-refractivity contribution in [2.75, 3.05) is 4.90 Å². The molecule has 0 fully saturated rings. The third-order valence-corrected chi connectivity index (χ3v) is 16.8. The largest absolute Gasteiger partial charge is 0.310 e. The second-order valence-corrected chi connectivity index (χ2v) is 20.3. The first kappa shape index (κ1) is 41.2. The van der Waals surface area contributed by atoms with Crippen LogP contribution in [0.1, 0.15) is 44.5 Å². The van der Waals surface area contributed by atoms with Crippen molar-refractivity contribution in [1.29, 1.82) is 0 Å². The molecular weight excluding hydrogens is 893 g/mol. The number of rotatable bonds is 6. The minimum atomic E-state index is -0.601. The summed E-state index contributed by atoms with van der Waals surface area (Å²) in [5.74, 6) is 0. The Morgan fingerprint density at radius 1 is 0.297 bits per heavy atom. The summed E-state index contributed by atoms with van der Waals surface area (Å²) >= 11 is 0. The highest BCUT2D eigenvalue weighted by atomic mass is 15.1. The molecule has 1 atom stereocenters. The highest BCUT2D eigenvalue weighted by Crippen LogP contribution is 2.63. The first-order chi connectivity index (χ1) is 36.7. The van der Waals surface area contributed by atoms with Gasteiger partial charge in [-0.3, -0.25) is 0 Å². The highest BCUT2D eigenvalue weighted by molar-refractivity contribution is 6.13. The molecule has 74 heavy (non-hydrogen) atoms. The first-order valence-corrected chi connectivity index (χ1v) is 25.8. The van der Waals surface area contributed by atoms with Crippen LogP contribution in [0.25, 0.3) is 71.6 Å². The summed E-state index contributed by atoms with van der Waals surface area (Å²) in [6.07, 6.45) is 0. The van der Waals surface area contributed by atoms with Crippen LogP contribution >= 0.6 is 0 Å². The minimum absolute atomic E-state index is 0.600. The van der Waals surface area contributed by atoms with Gasteiger partial charge in [-0.1, -0.05) is 231 Å². The zero-order valence-corrected chi connectivity index (χ0v) is 40.5. The zero-order chi connectivity index (χ0) is 48.5. The lowest BCUT2D eigenvalue weighted by molar-refractivity contribution is 0.748. The first-order valence-electron chi connectivity index (χ1n) is 25.8. The van der Waals surface area contributed by atoms with E-state index in [4.69, 9.17) is 0 Å². The molecule has 3 aliphatic rings. The highest BCUT2D eigenvalue weighted by Gasteiger charge is 2.51. The fourth-order valence-corrected chi connectivity index (χ4v) is 14.0. The van der Waals surface area contributed by atoms with Crippen molar-refractivity contribution in [3.8, 4) is 39.1 Å². The Kier molecular flexibility index (Phi) is 8.62. The summed E-state index contributed by atoms with van der Waals surface area (Å²) in [7, 11) is 0. The lowest BCUT2D eigenvalue weighted by atomic mass is 9.65. The smallest absolute Gasteiger partial charge is 0.0755 e. The SMILES string of the molecule is c1ccc(-c2cccc(N(c3ccc4c(c3)C(c3ccccc3)(c3ccccc3)c3ccc5ccccc5c3-4)c3ccc4c(c3)C3(c5ccccc5-4)c4ccccc4-n4c5ccccc5c5cccc3c54)c2)cc1. The van der Waals surface area contributed by atoms with Crippen molar-refractivity contribution >= 4 is 49.6 Å². The summed E-state index contributed by atoms with van der Waals surface area (Å²) < 4.78 is 2.53. The topological polar surface area (TPSA) is 8.17 Å². The maximum Gasteiger partial charge on any atom is 0.0755 e. The van der Waals surface area contributed by atoms with E-state index in [1.54, 1.807) is 0 Å². The molecule has 0 saturated heterocycles. The molecule has 2 heteroatoms. The molecule has 12 aromatic carbocycles. The number of anilines is 3. The van der Waals surface area contributed by atoms with Gasteiger partial charge in [0.2, 0.25) is 0 Å². The van der Waals surface area contributed by atoms with E-state index in [2.05, 4.69) is 289 Å². The molecule has 0 saturated carbocycles. The number of para-hydroxylation sites is 3. The monoisotopic (exact) mass is 938 g/mol. The predicted octanol–water partition coefficient (Wildman–Crippen LogP) is 18.1. The third kappa shape index (κ3) is 5.39. The molecule has 0 bridgehead atoms. The molecule has 0 N–H and O–H groups in total. The van der Waals surface area contributed by atoms with Crippen LogP contribution in [-0.4, -0.2) is 4.57 Å². The van der Waals surface area contributed by atoms with Gasteiger partial charge < -0.3 is 9.47 Å². The van der Waals surface area contributed by atoms with Crippen LogP contribution in [0.4, 0.5) is 17.1 Å². The number of aromatic nitrogens is 1. The van der Waals surface area contributed by atoms with E-state index >= 15 is 0 Å². The number of nitrogens with zero attached hydrogens (tertiary/aromatic N) is 2. The van der Waals surface area contributed by atoms with Crippen molar-refractivity contribution < 1.29 is 0 Å². The van der Waals surface area contributed by atoms with Gasteiger partial charge in [-0.15, -0.1) is 0 Å². The van der Waals surface area contributed by atoms with Gasteiger partial charge in [-0.2, -0.15) is 0 Å². The number of fused-ring (bicyclic) bond motifs is 17. The van der Waals surface area contributed by atoms with Gasteiger partial charge in [-0.25, -0.2) is 0 Å². The van der Waals surface area contributed by atoms with E-state index in [1.807, 2.05) is 0 Å². The van der Waals surface area contributed by atoms with E-state index in [-0.39, 0.29) is 0 Å². The molecule has 344 valence electrons. The summed E-state index contributed by atoms with van der Waals surface area (Å²) in [6.45, 7) is 0. The van der Waals surface area contributed by atoms with E-state index in [1.165, 1.54) is 116 Å². The fourth-order valence-electron chi connectivity index (χ4n) is 14.0. The van der Waals surface area contributed by atoms with Crippen molar-refractivity contribution in [1.82, 2.24) is 4.57 Å². The zero-order valence-electron chi connectivity index (χ0n) is 40.5. The van der Waals surface area contributed by atoms with Gasteiger partial charge in [0.05, 0.1) is 27.6 Å². The summed E-state index contributed by atoms with van der Waals surface area (Å²) in [4.78, 5) is 2.53. The number of hydrogen-bond acceptors (Lipinski definition) is 1. The summed E-state index contributed by atoms with van der Waals surface area (Å²) in [5.41, 5.74) is 23.6. The van der Waals surface area contributed by atoms with Crippen molar-refractivity contribution in [2.24, 2.45) is 0 Å². The normalized spacial score (nSPS) is 15.2. The molecule has 1 aliphatic heterocycles. The second kappa shape index (κ2) is 15.5. The average molecular weight is 939 g/mol. The molecule has 0 amide bonds. The van der Waals surface area contributed by atoms with Gasteiger partial charge in [0.25, 0.3) is 0 Å². The lowest BCUT2D eigenvalue weighted by Gasteiger charge is -2.40. The summed E-state index contributed by atoms with van der Waals surface area (Å²) in [6, 6.07) is 105. The van der Waals surface area contributed by atoms with Crippen LogP contribution in [0.2, 0.25) is 0 Å². The Balaban J connectivity index is 1.00. The van der Waals surface area contributed by atoms with Crippen LogP contribution in [0.5, 0.6) is 0 Å². The Morgan fingerprint density at radius 3 is 1.64 bits per heavy atom. The van der Waals surface area contributed by atoms with E-state index in [9.17, 15) is 0 Å². The Bertz CT molecular complexity index is 4390. The number of benzene rings is 12. The Labute approximate surface area is 430 Å². The molecule has 2 heterocycles. The molecule has 2 aliphatic carbocycles. The van der Waals surface area contributed by atoms with Gasteiger partial charge >= 0.3 is 0 Å². The van der Waals surface area contributed by atoms with Crippen molar-refractivity contribution in [3.63, 3.8) is 0 Å². The van der Waals surface area contributed by atoms with E-state index in [0.29, 0.717) is 0 Å². The molecule has 2 nitrogen and oxygen atoms in total. The molecule has 1 aromatic heterocycles. The minimum Gasteiger partial charge on any atom is -0.310 e. The molecule has 0 radical (unpaired) electrons. The van der Waals surface area contributed by atoms with Crippen LogP contribution in [0.3, 0.4) is 0 Å². The Hall–Kier alpha value is -9.50. The van der Waals surface area contributed by atoms with Crippen LogP contribution < -0.4 is 4.90 Å². The molecule has 1 unspecified atom stereocenters.